The predicted octanol–water partition coefficient (Wildman–Crippen LogP) is -0.790. The van der Waals surface area contributed by atoms with Gasteiger partial charge in [-0.15, -0.1) is 0 Å². The van der Waals surface area contributed by atoms with Gasteiger partial charge in [0.1, 0.15) is 0 Å². The van der Waals surface area contributed by atoms with Crippen LogP contribution in [0, 0.1) is 0 Å². The number of aliphatic hydroxyl groups excluding tert-OH is 1. The number of hydrogen-bond acceptors (Lipinski definition) is 5. The Morgan fingerprint density at radius 3 is 2.21 bits per heavy atom. The molecule has 3 aliphatic rings. The van der Waals surface area contributed by atoms with Crippen molar-refractivity contribution in [2.75, 3.05) is 65.4 Å². The van der Waals surface area contributed by atoms with E-state index in [9.17, 15) is 14.7 Å². The Kier molecular flexibility index (Phi) is 6.08. The standard InChI is InChI=1S/C17H30N4O3/c22-15(13-21-7-3-4-16(21)23)12-18-8-10-19(11-9-18)14-17(24)20-5-1-2-6-20/h15,22H,1-14H2. The third-order valence-corrected chi connectivity index (χ3v) is 5.35. The van der Waals surface area contributed by atoms with Crippen molar-refractivity contribution in [3.63, 3.8) is 0 Å². The number of likely N-dealkylation sites (tertiary alicyclic amines) is 2. The van der Waals surface area contributed by atoms with Crippen LogP contribution in [0.4, 0.5) is 0 Å². The summed E-state index contributed by atoms with van der Waals surface area (Å²) in [4.78, 5) is 32.0. The zero-order valence-electron chi connectivity index (χ0n) is 14.5. The number of piperazine rings is 1. The average molecular weight is 338 g/mol. The van der Waals surface area contributed by atoms with E-state index in [2.05, 4.69) is 9.80 Å². The van der Waals surface area contributed by atoms with Gasteiger partial charge in [0.15, 0.2) is 0 Å². The molecule has 1 unspecified atom stereocenters. The van der Waals surface area contributed by atoms with E-state index in [1.165, 1.54) is 0 Å². The molecule has 24 heavy (non-hydrogen) atoms. The molecule has 3 aliphatic heterocycles. The molecule has 0 aromatic rings. The number of β-amino-alcohol motifs (C(OH)–C–C–N with tert-alkyl or cyclic N) is 1. The fourth-order valence-corrected chi connectivity index (χ4v) is 3.90. The van der Waals surface area contributed by atoms with Gasteiger partial charge in [-0.25, -0.2) is 0 Å². The van der Waals surface area contributed by atoms with Crippen LogP contribution in [0.3, 0.4) is 0 Å². The molecular formula is C17H30N4O3. The van der Waals surface area contributed by atoms with E-state index in [1.807, 2.05) is 4.90 Å². The average Bonchev–Trinajstić information content (AvgIpc) is 3.22. The van der Waals surface area contributed by atoms with Crippen LogP contribution in [-0.2, 0) is 9.59 Å². The Morgan fingerprint density at radius 1 is 0.917 bits per heavy atom. The van der Waals surface area contributed by atoms with Crippen LogP contribution < -0.4 is 0 Å². The van der Waals surface area contributed by atoms with Crippen LogP contribution >= 0.6 is 0 Å². The number of amides is 2. The van der Waals surface area contributed by atoms with Crippen LogP contribution in [0.1, 0.15) is 25.7 Å². The summed E-state index contributed by atoms with van der Waals surface area (Å²) < 4.78 is 0. The van der Waals surface area contributed by atoms with Crippen LogP contribution in [0.2, 0.25) is 0 Å². The predicted molar refractivity (Wildman–Crippen MR) is 90.5 cm³/mol. The van der Waals surface area contributed by atoms with Gasteiger partial charge in [-0.3, -0.25) is 19.4 Å². The number of rotatable bonds is 6. The number of carbonyl (C=O) groups excluding carboxylic acids is 2. The summed E-state index contributed by atoms with van der Waals surface area (Å²) >= 11 is 0. The van der Waals surface area contributed by atoms with Crippen molar-refractivity contribution in [3.8, 4) is 0 Å². The summed E-state index contributed by atoms with van der Waals surface area (Å²) in [6.07, 6.45) is 3.32. The zero-order valence-corrected chi connectivity index (χ0v) is 14.5. The highest BCUT2D eigenvalue weighted by molar-refractivity contribution is 5.78. The van der Waals surface area contributed by atoms with E-state index in [1.54, 1.807) is 4.90 Å². The molecule has 3 saturated heterocycles. The van der Waals surface area contributed by atoms with Gasteiger partial charge in [-0.05, 0) is 19.3 Å². The Labute approximate surface area is 144 Å². The first-order valence-corrected chi connectivity index (χ1v) is 9.30. The summed E-state index contributed by atoms with van der Waals surface area (Å²) in [5.41, 5.74) is 0. The number of carbonyl (C=O) groups is 2. The van der Waals surface area contributed by atoms with Crippen molar-refractivity contribution < 1.29 is 14.7 Å². The second-order valence-electron chi connectivity index (χ2n) is 7.26. The molecule has 136 valence electrons. The van der Waals surface area contributed by atoms with Crippen molar-refractivity contribution in [2.45, 2.75) is 31.8 Å². The highest BCUT2D eigenvalue weighted by Crippen LogP contribution is 2.12. The van der Waals surface area contributed by atoms with Gasteiger partial charge in [0.25, 0.3) is 0 Å². The quantitative estimate of drug-likeness (QED) is 0.687. The van der Waals surface area contributed by atoms with Gasteiger partial charge in [0, 0.05) is 65.3 Å². The summed E-state index contributed by atoms with van der Waals surface area (Å²) in [5.74, 6) is 0.424. The van der Waals surface area contributed by atoms with Gasteiger partial charge in [0.2, 0.25) is 11.8 Å². The van der Waals surface area contributed by atoms with E-state index < -0.39 is 6.10 Å². The monoisotopic (exact) mass is 338 g/mol. The van der Waals surface area contributed by atoms with Gasteiger partial charge in [-0.1, -0.05) is 0 Å². The van der Waals surface area contributed by atoms with Crippen LogP contribution in [0.5, 0.6) is 0 Å². The molecule has 0 aromatic carbocycles. The first kappa shape index (κ1) is 17.6. The third kappa shape index (κ3) is 4.68. The van der Waals surface area contributed by atoms with Crippen LogP contribution in [0.15, 0.2) is 0 Å². The minimum absolute atomic E-state index is 0.166. The molecule has 0 aromatic heterocycles. The Morgan fingerprint density at radius 2 is 1.58 bits per heavy atom. The topological polar surface area (TPSA) is 67.3 Å². The summed E-state index contributed by atoms with van der Waals surface area (Å²) in [5, 5.41) is 10.2. The zero-order chi connectivity index (χ0) is 16.9. The molecule has 0 saturated carbocycles. The number of aliphatic hydroxyl groups is 1. The third-order valence-electron chi connectivity index (χ3n) is 5.35. The Bertz CT molecular complexity index is 445. The van der Waals surface area contributed by atoms with E-state index in [0.29, 0.717) is 26.1 Å². The minimum atomic E-state index is -0.482. The molecule has 0 aliphatic carbocycles. The smallest absolute Gasteiger partial charge is 0.236 e. The lowest BCUT2D eigenvalue weighted by Crippen LogP contribution is -2.52. The molecule has 3 fully saturated rings. The molecule has 1 N–H and O–H groups in total. The first-order chi connectivity index (χ1) is 11.6. The van der Waals surface area contributed by atoms with Crippen molar-refractivity contribution in [3.05, 3.63) is 0 Å². The highest BCUT2D eigenvalue weighted by atomic mass is 16.3. The molecule has 0 spiro atoms. The lowest BCUT2D eigenvalue weighted by atomic mass is 10.2. The molecular weight excluding hydrogens is 308 g/mol. The van der Waals surface area contributed by atoms with Gasteiger partial charge in [-0.2, -0.15) is 0 Å². The second-order valence-corrected chi connectivity index (χ2v) is 7.26. The fourth-order valence-electron chi connectivity index (χ4n) is 3.90. The molecule has 0 radical (unpaired) electrons. The van der Waals surface area contributed by atoms with E-state index in [-0.39, 0.29) is 11.8 Å². The Hall–Kier alpha value is -1.18. The van der Waals surface area contributed by atoms with Crippen molar-refractivity contribution in [1.82, 2.24) is 19.6 Å². The van der Waals surface area contributed by atoms with Gasteiger partial charge >= 0.3 is 0 Å². The highest BCUT2D eigenvalue weighted by Gasteiger charge is 2.26. The Balaban J connectivity index is 1.34. The van der Waals surface area contributed by atoms with Crippen LogP contribution in [-0.4, -0.2) is 108 Å². The SMILES string of the molecule is O=C(CN1CCN(CC(O)CN2CCCC2=O)CC1)N1CCCC1. The molecule has 2 amide bonds. The normalized spacial score (nSPS) is 24.8. The number of hydrogen-bond donors (Lipinski definition) is 1. The maximum Gasteiger partial charge on any atom is 0.236 e. The maximum absolute atomic E-state index is 12.2. The van der Waals surface area contributed by atoms with E-state index in [4.69, 9.17) is 0 Å². The van der Waals surface area contributed by atoms with E-state index in [0.717, 1.165) is 65.1 Å². The lowest BCUT2D eigenvalue weighted by molar-refractivity contribution is -0.131. The molecule has 1 atom stereocenters. The van der Waals surface area contributed by atoms with Crippen molar-refractivity contribution >= 4 is 11.8 Å². The lowest BCUT2D eigenvalue weighted by Gasteiger charge is -2.36. The molecule has 0 bridgehead atoms. The van der Waals surface area contributed by atoms with E-state index >= 15 is 0 Å². The summed E-state index contributed by atoms with van der Waals surface area (Å²) in [6, 6.07) is 0. The molecule has 3 rings (SSSR count). The largest absolute Gasteiger partial charge is 0.390 e. The van der Waals surface area contributed by atoms with Gasteiger partial charge in [0.05, 0.1) is 12.6 Å². The molecule has 3 heterocycles. The molecule has 7 heteroatoms. The molecule has 7 nitrogen and oxygen atoms in total. The fraction of sp³-hybridized carbons (Fsp3) is 0.882. The minimum Gasteiger partial charge on any atom is -0.390 e. The summed E-state index contributed by atoms with van der Waals surface area (Å²) in [7, 11) is 0. The second kappa shape index (κ2) is 8.27. The van der Waals surface area contributed by atoms with Crippen LogP contribution in [0.25, 0.3) is 0 Å². The number of nitrogens with zero attached hydrogens (tertiary/aromatic N) is 4. The van der Waals surface area contributed by atoms with Crippen molar-refractivity contribution in [2.24, 2.45) is 0 Å². The first-order valence-electron chi connectivity index (χ1n) is 9.30. The van der Waals surface area contributed by atoms with Crippen molar-refractivity contribution in [1.29, 1.82) is 0 Å². The maximum atomic E-state index is 12.2. The summed E-state index contributed by atoms with van der Waals surface area (Å²) in [6.45, 7) is 7.69. The van der Waals surface area contributed by atoms with Gasteiger partial charge < -0.3 is 14.9 Å².